The van der Waals surface area contributed by atoms with Crippen LogP contribution in [0.25, 0.3) is 0 Å². The number of aromatic nitrogens is 1. The molecule has 2 heterocycles. The number of ether oxygens (including phenoxy) is 1. The van der Waals surface area contributed by atoms with E-state index in [1.54, 1.807) is 12.3 Å². The number of anilines is 1. The molecule has 1 aromatic rings. The number of hydrogen-bond donors (Lipinski definition) is 1. The second kappa shape index (κ2) is 5.84. The molecule has 2 N–H and O–H groups in total. The van der Waals surface area contributed by atoms with Crippen molar-refractivity contribution in [3.8, 4) is 5.75 Å². The summed E-state index contributed by atoms with van der Waals surface area (Å²) in [5.74, 6) is 1.30. The van der Waals surface area contributed by atoms with Gasteiger partial charge < -0.3 is 15.4 Å². The molecule has 94 valence electrons. The van der Waals surface area contributed by atoms with E-state index in [2.05, 4.69) is 21.8 Å². The summed E-state index contributed by atoms with van der Waals surface area (Å²) in [5.41, 5.74) is 5.58. The normalized spacial score (nSPS) is 18.2. The molecule has 0 amide bonds. The number of pyridine rings is 1. The van der Waals surface area contributed by atoms with Gasteiger partial charge in [0, 0.05) is 45.0 Å². The molecule has 0 saturated carbocycles. The zero-order valence-corrected chi connectivity index (χ0v) is 10.3. The Morgan fingerprint density at radius 1 is 1.35 bits per heavy atom. The van der Waals surface area contributed by atoms with Gasteiger partial charge in [0.25, 0.3) is 0 Å². The third kappa shape index (κ3) is 3.87. The van der Waals surface area contributed by atoms with Crippen molar-refractivity contribution in [2.75, 3.05) is 52.1 Å². The van der Waals surface area contributed by atoms with Crippen LogP contribution in [-0.4, -0.2) is 61.2 Å². The van der Waals surface area contributed by atoms with Crippen LogP contribution < -0.4 is 10.5 Å². The molecule has 0 aliphatic carbocycles. The molecule has 5 nitrogen and oxygen atoms in total. The maximum Gasteiger partial charge on any atom is 0.126 e. The van der Waals surface area contributed by atoms with E-state index < -0.39 is 0 Å². The van der Waals surface area contributed by atoms with Crippen molar-refractivity contribution in [1.29, 1.82) is 0 Å². The Morgan fingerprint density at radius 3 is 2.82 bits per heavy atom. The van der Waals surface area contributed by atoms with Gasteiger partial charge in [-0.2, -0.15) is 0 Å². The Bertz CT molecular complexity index is 350. The highest BCUT2D eigenvalue weighted by Crippen LogP contribution is 2.11. The van der Waals surface area contributed by atoms with Gasteiger partial charge in [0.05, 0.1) is 0 Å². The van der Waals surface area contributed by atoms with Crippen LogP contribution in [0.1, 0.15) is 0 Å². The fourth-order valence-electron chi connectivity index (χ4n) is 1.88. The number of piperazine rings is 1. The maximum atomic E-state index is 5.64. The van der Waals surface area contributed by atoms with Gasteiger partial charge in [0.1, 0.15) is 18.2 Å². The van der Waals surface area contributed by atoms with E-state index in [1.807, 2.05) is 6.07 Å². The molecule has 1 aliphatic heterocycles. The van der Waals surface area contributed by atoms with Gasteiger partial charge >= 0.3 is 0 Å². The number of hydrogen-bond acceptors (Lipinski definition) is 5. The molecule has 0 aromatic carbocycles. The zero-order chi connectivity index (χ0) is 12.1. The largest absolute Gasteiger partial charge is 0.492 e. The van der Waals surface area contributed by atoms with Crippen LogP contribution >= 0.6 is 0 Å². The van der Waals surface area contributed by atoms with Gasteiger partial charge in [0.2, 0.25) is 0 Å². The molecule has 2 rings (SSSR count). The summed E-state index contributed by atoms with van der Waals surface area (Å²) in [7, 11) is 2.16. The summed E-state index contributed by atoms with van der Waals surface area (Å²) >= 11 is 0. The molecule has 0 atom stereocenters. The van der Waals surface area contributed by atoms with Crippen LogP contribution in [0.15, 0.2) is 18.3 Å². The van der Waals surface area contributed by atoms with Gasteiger partial charge in [-0.1, -0.05) is 0 Å². The van der Waals surface area contributed by atoms with Crippen molar-refractivity contribution in [2.45, 2.75) is 0 Å². The Morgan fingerprint density at radius 2 is 2.12 bits per heavy atom. The third-order valence-corrected chi connectivity index (χ3v) is 3.02. The molecule has 17 heavy (non-hydrogen) atoms. The predicted molar refractivity (Wildman–Crippen MR) is 68.1 cm³/mol. The van der Waals surface area contributed by atoms with Crippen molar-refractivity contribution in [3.63, 3.8) is 0 Å². The number of nitrogen functional groups attached to an aromatic ring is 1. The summed E-state index contributed by atoms with van der Waals surface area (Å²) in [5, 5.41) is 0. The second-order valence-corrected chi connectivity index (χ2v) is 4.41. The second-order valence-electron chi connectivity index (χ2n) is 4.41. The first-order chi connectivity index (χ1) is 8.24. The standard InChI is InChI=1S/C12H20N4O/c1-15-4-6-16(7-5-15)8-9-17-11-2-3-14-12(13)10-11/h2-3,10H,4-9H2,1H3,(H2,13,14). The Kier molecular flexibility index (Phi) is 4.17. The Labute approximate surface area is 102 Å². The molecule has 1 saturated heterocycles. The zero-order valence-electron chi connectivity index (χ0n) is 10.3. The first-order valence-corrected chi connectivity index (χ1v) is 5.99. The molecule has 1 fully saturated rings. The lowest BCUT2D eigenvalue weighted by atomic mass is 10.3. The average Bonchev–Trinajstić information content (AvgIpc) is 2.32. The summed E-state index contributed by atoms with van der Waals surface area (Å²) in [4.78, 5) is 8.70. The fraction of sp³-hybridized carbons (Fsp3) is 0.583. The monoisotopic (exact) mass is 236 g/mol. The van der Waals surface area contributed by atoms with Crippen LogP contribution in [0, 0.1) is 0 Å². The highest BCUT2D eigenvalue weighted by molar-refractivity contribution is 5.35. The van der Waals surface area contributed by atoms with Gasteiger partial charge in [0.15, 0.2) is 0 Å². The molecule has 1 aromatic heterocycles. The highest BCUT2D eigenvalue weighted by Gasteiger charge is 2.12. The van der Waals surface area contributed by atoms with E-state index in [9.17, 15) is 0 Å². The lowest BCUT2D eigenvalue weighted by Crippen LogP contribution is -2.45. The first-order valence-electron chi connectivity index (χ1n) is 5.99. The van der Waals surface area contributed by atoms with E-state index in [-0.39, 0.29) is 0 Å². The van der Waals surface area contributed by atoms with Crippen LogP contribution in [0.5, 0.6) is 5.75 Å². The minimum atomic E-state index is 0.502. The Hall–Kier alpha value is -1.33. The summed E-state index contributed by atoms with van der Waals surface area (Å²) in [6.45, 7) is 6.20. The third-order valence-electron chi connectivity index (χ3n) is 3.02. The number of nitrogens with zero attached hydrogens (tertiary/aromatic N) is 3. The van der Waals surface area contributed by atoms with Crippen LogP contribution in [0.3, 0.4) is 0 Å². The van der Waals surface area contributed by atoms with Crippen LogP contribution in [-0.2, 0) is 0 Å². The van der Waals surface area contributed by atoms with Crippen molar-refractivity contribution < 1.29 is 4.74 Å². The Balaban J connectivity index is 1.69. The quantitative estimate of drug-likeness (QED) is 0.814. The highest BCUT2D eigenvalue weighted by atomic mass is 16.5. The minimum Gasteiger partial charge on any atom is -0.492 e. The minimum absolute atomic E-state index is 0.502. The van der Waals surface area contributed by atoms with E-state index in [0.717, 1.165) is 38.5 Å². The molecular weight excluding hydrogens is 216 g/mol. The molecular formula is C12H20N4O. The van der Waals surface area contributed by atoms with Gasteiger partial charge in [-0.25, -0.2) is 4.98 Å². The molecule has 0 bridgehead atoms. The molecule has 0 unspecified atom stereocenters. The first kappa shape index (κ1) is 12.1. The molecule has 0 spiro atoms. The lowest BCUT2D eigenvalue weighted by Gasteiger charge is -2.32. The van der Waals surface area contributed by atoms with E-state index in [0.29, 0.717) is 12.4 Å². The van der Waals surface area contributed by atoms with E-state index >= 15 is 0 Å². The van der Waals surface area contributed by atoms with Gasteiger partial charge in [-0.05, 0) is 13.1 Å². The van der Waals surface area contributed by atoms with Crippen LogP contribution in [0.2, 0.25) is 0 Å². The maximum absolute atomic E-state index is 5.64. The average molecular weight is 236 g/mol. The summed E-state index contributed by atoms with van der Waals surface area (Å²) < 4.78 is 5.64. The SMILES string of the molecule is CN1CCN(CCOc2ccnc(N)c2)CC1. The van der Waals surface area contributed by atoms with Crippen molar-refractivity contribution in [2.24, 2.45) is 0 Å². The lowest BCUT2D eigenvalue weighted by molar-refractivity contribution is 0.134. The van der Waals surface area contributed by atoms with E-state index in [1.165, 1.54) is 0 Å². The number of nitrogens with two attached hydrogens (primary N) is 1. The summed E-state index contributed by atoms with van der Waals surface area (Å²) in [6.07, 6.45) is 1.67. The van der Waals surface area contributed by atoms with E-state index in [4.69, 9.17) is 10.5 Å². The molecule has 0 radical (unpaired) electrons. The molecule has 5 heteroatoms. The predicted octanol–water partition coefficient (Wildman–Crippen LogP) is 0.290. The smallest absolute Gasteiger partial charge is 0.126 e. The van der Waals surface area contributed by atoms with Crippen LogP contribution in [0.4, 0.5) is 5.82 Å². The van der Waals surface area contributed by atoms with Gasteiger partial charge in [-0.15, -0.1) is 0 Å². The van der Waals surface area contributed by atoms with Crippen molar-refractivity contribution >= 4 is 5.82 Å². The fourth-order valence-corrected chi connectivity index (χ4v) is 1.88. The summed E-state index contributed by atoms with van der Waals surface area (Å²) in [6, 6.07) is 3.59. The number of rotatable bonds is 4. The van der Waals surface area contributed by atoms with Gasteiger partial charge in [-0.3, -0.25) is 4.90 Å². The number of likely N-dealkylation sites (N-methyl/N-ethyl adjacent to an activating group) is 1. The topological polar surface area (TPSA) is 54.6 Å². The van der Waals surface area contributed by atoms with Crippen molar-refractivity contribution in [1.82, 2.24) is 14.8 Å². The molecule has 1 aliphatic rings. The van der Waals surface area contributed by atoms with Crippen molar-refractivity contribution in [3.05, 3.63) is 18.3 Å².